The summed E-state index contributed by atoms with van der Waals surface area (Å²) in [5.41, 5.74) is 9.83. The molecule has 1 aromatic heterocycles. The van der Waals surface area contributed by atoms with E-state index in [0.717, 1.165) is 22.2 Å². The van der Waals surface area contributed by atoms with Crippen LogP contribution in [-0.4, -0.2) is 11.6 Å². The third-order valence-corrected chi connectivity index (χ3v) is 4.18. The standard InChI is InChI=1S/C18H16N2O/c19-18(15-11-21-17-6-2-1-5-14(15)17)13-7-8-16-12(10-13)4-3-9-20-16/h1-10,15,18H,11,19H2. The molecule has 3 nitrogen and oxygen atoms in total. The second kappa shape index (κ2) is 4.86. The highest BCUT2D eigenvalue weighted by molar-refractivity contribution is 5.79. The number of benzene rings is 2. The fraction of sp³-hybridized carbons (Fsp3) is 0.167. The molecule has 104 valence electrons. The van der Waals surface area contributed by atoms with E-state index in [2.05, 4.69) is 29.2 Å². The van der Waals surface area contributed by atoms with Crippen molar-refractivity contribution in [1.29, 1.82) is 0 Å². The van der Waals surface area contributed by atoms with E-state index in [4.69, 9.17) is 10.5 Å². The highest BCUT2D eigenvalue weighted by Gasteiger charge is 2.29. The molecule has 1 aliphatic rings. The van der Waals surface area contributed by atoms with Gasteiger partial charge in [-0.25, -0.2) is 0 Å². The zero-order chi connectivity index (χ0) is 14.2. The van der Waals surface area contributed by atoms with E-state index < -0.39 is 0 Å². The van der Waals surface area contributed by atoms with Crippen LogP contribution < -0.4 is 10.5 Å². The molecular formula is C18H16N2O. The molecule has 2 N–H and O–H groups in total. The summed E-state index contributed by atoms with van der Waals surface area (Å²) in [6.45, 7) is 0.644. The highest BCUT2D eigenvalue weighted by Crippen LogP contribution is 2.40. The fourth-order valence-corrected chi connectivity index (χ4v) is 3.02. The Morgan fingerprint density at radius 1 is 1.10 bits per heavy atom. The Labute approximate surface area is 123 Å². The van der Waals surface area contributed by atoms with Gasteiger partial charge in [0.25, 0.3) is 0 Å². The molecule has 4 rings (SSSR count). The van der Waals surface area contributed by atoms with Gasteiger partial charge in [0, 0.05) is 29.1 Å². The molecule has 2 atom stereocenters. The summed E-state index contributed by atoms with van der Waals surface area (Å²) in [5, 5.41) is 1.12. The first-order valence-electron chi connectivity index (χ1n) is 7.15. The van der Waals surface area contributed by atoms with Crippen molar-refractivity contribution in [3.8, 4) is 5.75 Å². The van der Waals surface area contributed by atoms with Crippen LogP contribution in [0.25, 0.3) is 10.9 Å². The van der Waals surface area contributed by atoms with Gasteiger partial charge in [-0.3, -0.25) is 4.98 Å². The summed E-state index contributed by atoms with van der Waals surface area (Å²) in [4.78, 5) is 4.35. The van der Waals surface area contributed by atoms with Crippen LogP contribution in [0.1, 0.15) is 23.1 Å². The zero-order valence-corrected chi connectivity index (χ0v) is 11.6. The third-order valence-electron chi connectivity index (χ3n) is 4.18. The lowest BCUT2D eigenvalue weighted by Gasteiger charge is -2.19. The molecule has 21 heavy (non-hydrogen) atoms. The molecule has 0 aliphatic carbocycles. The highest BCUT2D eigenvalue weighted by atomic mass is 16.5. The Morgan fingerprint density at radius 3 is 2.95 bits per heavy atom. The van der Waals surface area contributed by atoms with E-state index in [-0.39, 0.29) is 12.0 Å². The Kier molecular flexibility index (Phi) is 2.86. The van der Waals surface area contributed by atoms with Gasteiger partial charge in [-0.05, 0) is 29.8 Å². The number of hydrogen-bond donors (Lipinski definition) is 1. The second-order valence-electron chi connectivity index (χ2n) is 5.44. The molecule has 3 heteroatoms. The first-order chi connectivity index (χ1) is 10.3. The molecule has 2 unspecified atom stereocenters. The van der Waals surface area contributed by atoms with Gasteiger partial charge in [0.15, 0.2) is 0 Å². The summed E-state index contributed by atoms with van der Waals surface area (Å²) in [6.07, 6.45) is 1.81. The van der Waals surface area contributed by atoms with Gasteiger partial charge in [0.2, 0.25) is 0 Å². The molecule has 0 saturated heterocycles. The van der Waals surface area contributed by atoms with Gasteiger partial charge < -0.3 is 10.5 Å². The third kappa shape index (κ3) is 2.06. The van der Waals surface area contributed by atoms with Crippen molar-refractivity contribution in [3.05, 3.63) is 71.9 Å². The maximum atomic E-state index is 6.51. The zero-order valence-electron chi connectivity index (χ0n) is 11.6. The van der Waals surface area contributed by atoms with Crippen molar-refractivity contribution in [1.82, 2.24) is 4.98 Å². The molecule has 0 fully saturated rings. The summed E-state index contributed by atoms with van der Waals surface area (Å²) < 4.78 is 5.75. The second-order valence-corrected chi connectivity index (χ2v) is 5.44. The minimum Gasteiger partial charge on any atom is -0.493 e. The Balaban J connectivity index is 1.72. The van der Waals surface area contributed by atoms with Gasteiger partial charge >= 0.3 is 0 Å². The molecule has 0 bridgehead atoms. The number of ether oxygens (including phenoxy) is 1. The summed E-state index contributed by atoms with van der Waals surface area (Å²) >= 11 is 0. The molecule has 1 aliphatic heterocycles. The summed E-state index contributed by atoms with van der Waals surface area (Å²) in [7, 11) is 0. The molecule has 0 amide bonds. The number of nitrogens with two attached hydrogens (primary N) is 1. The van der Waals surface area contributed by atoms with E-state index in [1.807, 2.05) is 36.5 Å². The predicted molar refractivity (Wildman–Crippen MR) is 83.3 cm³/mol. The average Bonchev–Trinajstić information content (AvgIpc) is 2.98. The van der Waals surface area contributed by atoms with Crippen LogP contribution in [0.5, 0.6) is 5.75 Å². The maximum Gasteiger partial charge on any atom is 0.122 e. The van der Waals surface area contributed by atoms with Gasteiger partial charge in [-0.1, -0.05) is 30.3 Å². The largest absolute Gasteiger partial charge is 0.493 e. The lowest BCUT2D eigenvalue weighted by atomic mass is 9.89. The molecule has 0 saturated carbocycles. The van der Waals surface area contributed by atoms with E-state index in [9.17, 15) is 0 Å². The van der Waals surface area contributed by atoms with E-state index in [1.165, 1.54) is 5.56 Å². The molecular weight excluding hydrogens is 260 g/mol. The van der Waals surface area contributed by atoms with Crippen molar-refractivity contribution < 1.29 is 4.74 Å². The first-order valence-corrected chi connectivity index (χ1v) is 7.15. The van der Waals surface area contributed by atoms with Crippen molar-refractivity contribution >= 4 is 10.9 Å². The lowest BCUT2D eigenvalue weighted by molar-refractivity contribution is 0.315. The minimum atomic E-state index is -0.0711. The number of pyridine rings is 1. The van der Waals surface area contributed by atoms with Crippen molar-refractivity contribution in [2.24, 2.45) is 5.73 Å². The monoisotopic (exact) mass is 276 g/mol. The molecule has 2 heterocycles. The van der Waals surface area contributed by atoms with Crippen LogP contribution in [0, 0.1) is 0 Å². The smallest absolute Gasteiger partial charge is 0.122 e. The van der Waals surface area contributed by atoms with Gasteiger partial charge in [-0.2, -0.15) is 0 Å². The Bertz CT molecular complexity index is 800. The van der Waals surface area contributed by atoms with Crippen molar-refractivity contribution in [2.75, 3.05) is 6.61 Å². The Morgan fingerprint density at radius 2 is 2.00 bits per heavy atom. The molecule has 0 radical (unpaired) electrons. The summed E-state index contributed by atoms with van der Waals surface area (Å²) in [5.74, 6) is 1.16. The van der Waals surface area contributed by atoms with Crippen LogP contribution >= 0.6 is 0 Å². The lowest BCUT2D eigenvalue weighted by Crippen LogP contribution is -2.21. The van der Waals surface area contributed by atoms with Crippen molar-refractivity contribution in [3.63, 3.8) is 0 Å². The van der Waals surface area contributed by atoms with Crippen LogP contribution in [0.3, 0.4) is 0 Å². The van der Waals surface area contributed by atoms with E-state index in [0.29, 0.717) is 6.61 Å². The number of para-hydroxylation sites is 1. The number of nitrogens with zero attached hydrogens (tertiary/aromatic N) is 1. The minimum absolute atomic E-state index is 0.0711. The molecule has 3 aromatic rings. The Hall–Kier alpha value is -2.39. The predicted octanol–water partition coefficient (Wildman–Crippen LogP) is 3.41. The number of aromatic nitrogens is 1. The first kappa shape index (κ1) is 12.4. The normalized spacial score (nSPS) is 18.2. The number of rotatable bonds is 2. The SMILES string of the molecule is NC(c1ccc2ncccc2c1)C1COc2ccccc21. The molecule has 0 spiro atoms. The van der Waals surface area contributed by atoms with Crippen LogP contribution in [0.15, 0.2) is 60.8 Å². The van der Waals surface area contributed by atoms with Gasteiger partial charge in [0.05, 0.1) is 12.1 Å². The quantitative estimate of drug-likeness (QED) is 0.780. The number of fused-ring (bicyclic) bond motifs is 2. The topological polar surface area (TPSA) is 48.1 Å². The molecule has 2 aromatic carbocycles. The maximum absolute atomic E-state index is 6.51. The summed E-state index contributed by atoms with van der Waals surface area (Å²) in [6, 6.07) is 18.3. The van der Waals surface area contributed by atoms with Crippen molar-refractivity contribution in [2.45, 2.75) is 12.0 Å². The fourth-order valence-electron chi connectivity index (χ4n) is 3.02. The van der Waals surface area contributed by atoms with Crippen LogP contribution in [0.4, 0.5) is 0 Å². The van der Waals surface area contributed by atoms with E-state index >= 15 is 0 Å². The van der Waals surface area contributed by atoms with Crippen LogP contribution in [0.2, 0.25) is 0 Å². The average molecular weight is 276 g/mol. The van der Waals surface area contributed by atoms with Gasteiger partial charge in [0.1, 0.15) is 5.75 Å². The van der Waals surface area contributed by atoms with Gasteiger partial charge in [-0.15, -0.1) is 0 Å². The van der Waals surface area contributed by atoms with Crippen LogP contribution in [-0.2, 0) is 0 Å². The number of hydrogen-bond acceptors (Lipinski definition) is 3. The van der Waals surface area contributed by atoms with E-state index in [1.54, 1.807) is 0 Å².